The van der Waals surface area contributed by atoms with Gasteiger partial charge < -0.3 is 14.7 Å². The predicted molar refractivity (Wildman–Crippen MR) is 115 cm³/mol. The Morgan fingerprint density at radius 3 is 2.39 bits per heavy atom. The number of fused-ring (bicyclic) bond motifs is 1. The molecule has 1 aromatic heterocycles. The van der Waals surface area contributed by atoms with E-state index in [1.807, 2.05) is 18.2 Å². The highest BCUT2D eigenvalue weighted by atomic mass is 35.5. The summed E-state index contributed by atoms with van der Waals surface area (Å²) >= 11 is 6.15. The quantitative estimate of drug-likeness (QED) is 0.670. The van der Waals surface area contributed by atoms with Crippen LogP contribution in [-0.2, 0) is 6.42 Å². The molecule has 0 aliphatic carbocycles. The predicted octanol–water partition coefficient (Wildman–Crippen LogP) is 4.15. The fourth-order valence-corrected chi connectivity index (χ4v) is 4.29. The van der Waals surface area contributed by atoms with Gasteiger partial charge in [0.15, 0.2) is 0 Å². The maximum atomic E-state index is 6.15. The zero-order valence-corrected chi connectivity index (χ0v) is 16.4. The molecule has 28 heavy (non-hydrogen) atoms. The maximum absolute atomic E-state index is 6.15. The number of nitrogens with zero attached hydrogens (tertiary/aromatic N) is 5. The van der Waals surface area contributed by atoms with Crippen LogP contribution < -0.4 is 14.7 Å². The van der Waals surface area contributed by atoms with Crippen LogP contribution in [0, 0.1) is 0 Å². The van der Waals surface area contributed by atoms with E-state index < -0.39 is 0 Å². The van der Waals surface area contributed by atoms with Gasteiger partial charge in [0.05, 0.1) is 0 Å². The van der Waals surface area contributed by atoms with Crippen LogP contribution in [0.4, 0.5) is 23.0 Å². The lowest BCUT2D eigenvalue weighted by atomic mass is 10.2. The fraction of sp³-hybridized carbons (Fsp3) is 0.273. The third kappa shape index (κ3) is 3.27. The number of hydrogen-bond donors (Lipinski definition) is 0. The lowest BCUT2D eigenvalue weighted by Crippen LogP contribution is -2.46. The van der Waals surface area contributed by atoms with Crippen molar-refractivity contribution < 1.29 is 0 Å². The minimum atomic E-state index is 0.784. The van der Waals surface area contributed by atoms with Crippen LogP contribution in [0.15, 0.2) is 60.9 Å². The zero-order chi connectivity index (χ0) is 18.9. The third-order valence-corrected chi connectivity index (χ3v) is 5.81. The van der Waals surface area contributed by atoms with Gasteiger partial charge in [-0.15, -0.1) is 0 Å². The molecule has 0 amide bonds. The highest BCUT2D eigenvalue weighted by Crippen LogP contribution is 2.34. The van der Waals surface area contributed by atoms with E-state index in [0.29, 0.717) is 0 Å². The van der Waals surface area contributed by atoms with Gasteiger partial charge in [0, 0.05) is 55.2 Å². The van der Waals surface area contributed by atoms with E-state index in [1.54, 1.807) is 6.33 Å². The van der Waals surface area contributed by atoms with Crippen LogP contribution in [0.3, 0.4) is 0 Å². The molecule has 6 heteroatoms. The van der Waals surface area contributed by atoms with Crippen LogP contribution in [-0.4, -0.2) is 42.7 Å². The Morgan fingerprint density at radius 1 is 0.750 bits per heavy atom. The van der Waals surface area contributed by atoms with E-state index in [9.17, 15) is 0 Å². The zero-order valence-electron chi connectivity index (χ0n) is 15.6. The molecule has 142 valence electrons. The maximum Gasteiger partial charge on any atom is 0.138 e. The van der Waals surface area contributed by atoms with E-state index in [4.69, 9.17) is 11.6 Å². The van der Waals surface area contributed by atoms with Gasteiger partial charge in [-0.3, -0.25) is 0 Å². The van der Waals surface area contributed by atoms with E-state index in [2.05, 4.69) is 61.1 Å². The van der Waals surface area contributed by atoms with Gasteiger partial charge in [-0.2, -0.15) is 0 Å². The lowest BCUT2D eigenvalue weighted by Gasteiger charge is -2.37. The van der Waals surface area contributed by atoms with Crippen molar-refractivity contribution in [2.24, 2.45) is 0 Å². The van der Waals surface area contributed by atoms with Crippen molar-refractivity contribution in [2.75, 3.05) is 47.4 Å². The van der Waals surface area contributed by atoms with Crippen molar-refractivity contribution in [1.29, 1.82) is 0 Å². The van der Waals surface area contributed by atoms with E-state index in [1.165, 1.54) is 16.9 Å². The SMILES string of the molecule is Clc1cccc(N2CCN(c3cc(N4CCc5ccccc54)ncn3)CC2)c1. The van der Waals surface area contributed by atoms with Gasteiger partial charge in [-0.1, -0.05) is 35.9 Å². The second kappa shape index (κ2) is 7.32. The first kappa shape index (κ1) is 17.3. The Balaban J connectivity index is 1.31. The van der Waals surface area contributed by atoms with Gasteiger partial charge in [-0.05, 0) is 36.2 Å². The first-order valence-corrected chi connectivity index (χ1v) is 10.1. The summed E-state index contributed by atoms with van der Waals surface area (Å²) in [5, 5.41) is 0.784. The average molecular weight is 392 g/mol. The summed E-state index contributed by atoms with van der Waals surface area (Å²) in [6.45, 7) is 4.73. The monoisotopic (exact) mass is 391 g/mol. The molecule has 5 nitrogen and oxygen atoms in total. The Kier molecular flexibility index (Phi) is 4.53. The molecule has 0 radical (unpaired) electrons. The van der Waals surface area contributed by atoms with Crippen molar-refractivity contribution >= 4 is 34.6 Å². The number of rotatable bonds is 3. The Morgan fingerprint density at radius 2 is 1.54 bits per heavy atom. The van der Waals surface area contributed by atoms with Crippen molar-refractivity contribution in [3.05, 3.63) is 71.5 Å². The number of piperazine rings is 1. The molecule has 3 heterocycles. The average Bonchev–Trinajstić information content (AvgIpc) is 3.18. The Hall–Kier alpha value is -2.79. The smallest absolute Gasteiger partial charge is 0.138 e. The Bertz CT molecular complexity index is 984. The molecular weight excluding hydrogens is 370 g/mol. The third-order valence-electron chi connectivity index (χ3n) is 5.58. The van der Waals surface area contributed by atoms with Crippen molar-refractivity contribution in [3.63, 3.8) is 0 Å². The molecule has 2 aliphatic rings. The van der Waals surface area contributed by atoms with Gasteiger partial charge >= 0.3 is 0 Å². The number of hydrogen-bond acceptors (Lipinski definition) is 5. The topological polar surface area (TPSA) is 35.5 Å². The van der Waals surface area contributed by atoms with Crippen molar-refractivity contribution in [3.8, 4) is 0 Å². The summed E-state index contributed by atoms with van der Waals surface area (Å²) in [5.41, 5.74) is 3.83. The first-order chi connectivity index (χ1) is 13.8. The van der Waals surface area contributed by atoms with Gasteiger partial charge in [0.2, 0.25) is 0 Å². The number of anilines is 4. The molecule has 5 rings (SSSR count). The minimum Gasteiger partial charge on any atom is -0.368 e. The molecule has 1 saturated heterocycles. The second-order valence-corrected chi connectivity index (χ2v) is 7.66. The number of para-hydroxylation sites is 1. The molecule has 0 saturated carbocycles. The van der Waals surface area contributed by atoms with Crippen LogP contribution in [0.5, 0.6) is 0 Å². The number of benzene rings is 2. The highest BCUT2D eigenvalue weighted by molar-refractivity contribution is 6.30. The molecule has 0 spiro atoms. The summed E-state index contributed by atoms with van der Waals surface area (Å²) in [6.07, 6.45) is 2.75. The fourth-order valence-electron chi connectivity index (χ4n) is 4.10. The van der Waals surface area contributed by atoms with Crippen LogP contribution in [0.1, 0.15) is 5.56 Å². The van der Waals surface area contributed by atoms with Crippen molar-refractivity contribution in [2.45, 2.75) is 6.42 Å². The molecule has 3 aromatic rings. The van der Waals surface area contributed by atoms with Crippen LogP contribution >= 0.6 is 11.6 Å². The minimum absolute atomic E-state index is 0.784. The summed E-state index contributed by atoms with van der Waals surface area (Å²) in [5.74, 6) is 1.98. The van der Waals surface area contributed by atoms with Crippen molar-refractivity contribution in [1.82, 2.24) is 9.97 Å². The molecule has 0 unspecified atom stereocenters. The van der Waals surface area contributed by atoms with E-state index >= 15 is 0 Å². The highest BCUT2D eigenvalue weighted by Gasteiger charge is 2.23. The van der Waals surface area contributed by atoms with Gasteiger partial charge in [-0.25, -0.2) is 9.97 Å². The molecule has 2 aromatic carbocycles. The largest absolute Gasteiger partial charge is 0.368 e. The van der Waals surface area contributed by atoms with E-state index in [-0.39, 0.29) is 0 Å². The lowest BCUT2D eigenvalue weighted by molar-refractivity contribution is 0.646. The molecule has 0 N–H and O–H groups in total. The summed E-state index contributed by atoms with van der Waals surface area (Å²) in [6, 6.07) is 18.8. The summed E-state index contributed by atoms with van der Waals surface area (Å²) in [4.78, 5) is 16.1. The van der Waals surface area contributed by atoms with Gasteiger partial charge in [0.25, 0.3) is 0 Å². The second-order valence-electron chi connectivity index (χ2n) is 7.22. The first-order valence-electron chi connectivity index (χ1n) is 9.71. The number of halogens is 1. The summed E-state index contributed by atoms with van der Waals surface area (Å²) < 4.78 is 0. The summed E-state index contributed by atoms with van der Waals surface area (Å²) in [7, 11) is 0. The standard InChI is InChI=1S/C22H22ClN5/c23-18-5-3-6-19(14-18)26-10-12-27(13-11-26)21-15-22(25-16-24-21)28-9-8-17-4-1-2-7-20(17)28/h1-7,14-16H,8-13H2. The van der Waals surface area contributed by atoms with Gasteiger partial charge in [0.1, 0.15) is 18.0 Å². The Labute approximate surface area is 170 Å². The number of aromatic nitrogens is 2. The van der Waals surface area contributed by atoms with E-state index in [0.717, 1.165) is 55.8 Å². The molecule has 1 fully saturated rings. The normalized spacial score (nSPS) is 16.4. The molecule has 2 aliphatic heterocycles. The van der Waals surface area contributed by atoms with Crippen LogP contribution in [0.25, 0.3) is 0 Å². The van der Waals surface area contributed by atoms with Crippen LogP contribution in [0.2, 0.25) is 5.02 Å². The molecule has 0 atom stereocenters. The molecular formula is C22H22ClN5. The molecule has 0 bridgehead atoms.